The molecule has 1 aliphatic heterocycles. The van der Waals surface area contributed by atoms with E-state index in [0.29, 0.717) is 0 Å². The van der Waals surface area contributed by atoms with Crippen LogP contribution in [0.1, 0.15) is 28.3 Å². The Morgan fingerprint density at radius 3 is 2.26 bits per heavy atom. The summed E-state index contributed by atoms with van der Waals surface area (Å²) in [5.74, 6) is 2.93. The second kappa shape index (κ2) is 8.50. The summed E-state index contributed by atoms with van der Waals surface area (Å²) >= 11 is 0. The van der Waals surface area contributed by atoms with E-state index in [9.17, 15) is 0 Å². The Hall–Kier alpha value is -3.20. The molecule has 0 bridgehead atoms. The standard InChI is InChI=1S/C28H24N3/c1-20-14-16-22(17-15-20)25-19-26(23-10-4-5-11-23)31(27-13-7-8-18-29-27)28(30-25)24-12-6-3-9-21(24)2/h3-19,25H,1-2H3. The predicted octanol–water partition coefficient (Wildman–Crippen LogP) is 6.00. The fraction of sp³-hybridized carbons (Fsp3) is 0.107. The largest absolute Gasteiger partial charge is 0.282 e. The molecule has 1 saturated carbocycles. The van der Waals surface area contributed by atoms with E-state index < -0.39 is 0 Å². The van der Waals surface area contributed by atoms with Crippen LogP contribution in [0, 0.1) is 45.4 Å². The highest BCUT2D eigenvalue weighted by Gasteiger charge is 2.34. The van der Waals surface area contributed by atoms with Crippen LogP contribution < -0.4 is 4.90 Å². The number of aliphatic imine (C=N–C) groups is 1. The van der Waals surface area contributed by atoms with Crippen LogP contribution in [0.5, 0.6) is 0 Å². The Labute approximate surface area is 185 Å². The summed E-state index contributed by atoms with van der Waals surface area (Å²) in [6.07, 6.45) is 12.5. The van der Waals surface area contributed by atoms with Gasteiger partial charge in [0.15, 0.2) is 0 Å². The number of hydrogen-bond donors (Lipinski definition) is 0. The van der Waals surface area contributed by atoms with E-state index in [1.807, 2.05) is 24.4 Å². The van der Waals surface area contributed by atoms with Crippen LogP contribution in [0.3, 0.4) is 0 Å². The fourth-order valence-corrected chi connectivity index (χ4v) is 4.00. The second-order valence-electron chi connectivity index (χ2n) is 7.87. The Kier molecular flexibility index (Phi) is 5.42. The lowest BCUT2D eigenvalue weighted by Gasteiger charge is -2.36. The number of amidine groups is 1. The van der Waals surface area contributed by atoms with Crippen molar-refractivity contribution in [3.8, 4) is 0 Å². The maximum atomic E-state index is 5.26. The van der Waals surface area contributed by atoms with Crippen molar-refractivity contribution in [1.82, 2.24) is 4.98 Å². The molecule has 0 saturated heterocycles. The third kappa shape index (κ3) is 3.93. The molecule has 0 amide bonds. The smallest absolute Gasteiger partial charge is 0.142 e. The lowest BCUT2D eigenvalue weighted by atomic mass is 9.94. The first-order chi connectivity index (χ1) is 15.2. The number of nitrogens with zero attached hydrogens (tertiary/aromatic N) is 3. The number of benzene rings is 2. The fourth-order valence-electron chi connectivity index (χ4n) is 4.00. The van der Waals surface area contributed by atoms with E-state index in [2.05, 4.69) is 104 Å². The van der Waals surface area contributed by atoms with Gasteiger partial charge in [-0.1, -0.05) is 60.2 Å². The molecule has 5 rings (SSSR count). The van der Waals surface area contributed by atoms with Gasteiger partial charge in [-0.3, -0.25) is 9.89 Å². The third-order valence-electron chi connectivity index (χ3n) is 5.67. The lowest BCUT2D eigenvalue weighted by Crippen LogP contribution is -2.37. The third-order valence-corrected chi connectivity index (χ3v) is 5.67. The molecule has 3 heteroatoms. The van der Waals surface area contributed by atoms with Gasteiger partial charge in [-0.15, -0.1) is 0 Å². The predicted molar refractivity (Wildman–Crippen MR) is 127 cm³/mol. The van der Waals surface area contributed by atoms with Crippen molar-refractivity contribution < 1.29 is 0 Å². The van der Waals surface area contributed by atoms with Crippen LogP contribution in [-0.4, -0.2) is 10.8 Å². The van der Waals surface area contributed by atoms with Gasteiger partial charge in [0.05, 0.1) is 6.04 Å². The zero-order chi connectivity index (χ0) is 21.2. The van der Waals surface area contributed by atoms with E-state index in [1.165, 1.54) is 16.7 Å². The Morgan fingerprint density at radius 2 is 1.55 bits per heavy atom. The van der Waals surface area contributed by atoms with Crippen LogP contribution in [0.15, 0.2) is 89.7 Å². The van der Waals surface area contributed by atoms with Crippen LogP contribution >= 0.6 is 0 Å². The van der Waals surface area contributed by atoms with Gasteiger partial charge in [-0.05, 0) is 68.9 Å². The molecule has 0 spiro atoms. The molecule has 1 aromatic heterocycles. The zero-order valence-corrected chi connectivity index (χ0v) is 17.7. The molecular formula is C28H24N3. The molecule has 1 unspecified atom stereocenters. The van der Waals surface area contributed by atoms with Crippen molar-refractivity contribution in [2.24, 2.45) is 4.99 Å². The molecule has 31 heavy (non-hydrogen) atoms. The molecule has 1 fully saturated rings. The summed E-state index contributed by atoms with van der Waals surface area (Å²) < 4.78 is 0. The van der Waals surface area contributed by atoms with Gasteiger partial charge in [0.2, 0.25) is 0 Å². The van der Waals surface area contributed by atoms with Gasteiger partial charge in [-0.2, -0.15) is 0 Å². The van der Waals surface area contributed by atoms with E-state index >= 15 is 0 Å². The molecule has 5 radical (unpaired) electrons. The van der Waals surface area contributed by atoms with Gasteiger partial charge in [0.25, 0.3) is 0 Å². The molecule has 0 N–H and O–H groups in total. The number of aryl methyl sites for hydroxylation is 2. The number of anilines is 1. The van der Waals surface area contributed by atoms with Crippen molar-refractivity contribution in [1.29, 1.82) is 0 Å². The minimum absolute atomic E-state index is 0.0694. The summed E-state index contributed by atoms with van der Waals surface area (Å²) in [4.78, 5) is 12.1. The number of pyridine rings is 1. The number of aromatic nitrogens is 1. The average Bonchev–Trinajstić information content (AvgIpc) is 3.35. The highest BCUT2D eigenvalue weighted by Crippen LogP contribution is 2.40. The topological polar surface area (TPSA) is 28.5 Å². The first kappa shape index (κ1) is 19.7. The van der Waals surface area contributed by atoms with E-state index in [4.69, 9.17) is 4.99 Å². The molecule has 151 valence electrons. The van der Waals surface area contributed by atoms with E-state index in [0.717, 1.165) is 28.8 Å². The molecule has 1 atom stereocenters. The van der Waals surface area contributed by atoms with Crippen molar-refractivity contribution in [2.75, 3.05) is 4.90 Å². The van der Waals surface area contributed by atoms with Crippen LogP contribution in [0.4, 0.5) is 5.82 Å². The van der Waals surface area contributed by atoms with Crippen LogP contribution in [0.2, 0.25) is 0 Å². The molecule has 2 heterocycles. The van der Waals surface area contributed by atoms with E-state index in [-0.39, 0.29) is 6.04 Å². The number of rotatable bonds is 4. The molecule has 2 aliphatic rings. The highest BCUT2D eigenvalue weighted by atomic mass is 15.3. The van der Waals surface area contributed by atoms with E-state index in [1.54, 1.807) is 0 Å². The molecule has 3 nitrogen and oxygen atoms in total. The first-order valence-corrected chi connectivity index (χ1v) is 10.6. The summed E-state index contributed by atoms with van der Waals surface area (Å²) in [6.45, 7) is 4.25. The van der Waals surface area contributed by atoms with Gasteiger partial charge < -0.3 is 0 Å². The molecular weight excluding hydrogens is 378 g/mol. The Balaban J connectivity index is 1.70. The van der Waals surface area contributed by atoms with Crippen molar-refractivity contribution in [2.45, 2.75) is 19.9 Å². The molecule has 3 aromatic rings. The summed E-state index contributed by atoms with van der Waals surface area (Å²) in [5, 5.41) is 0. The highest BCUT2D eigenvalue weighted by molar-refractivity contribution is 6.13. The van der Waals surface area contributed by atoms with Gasteiger partial charge in [-0.25, -0.2) is 4.98 Å². The second-order valence-corrected chi connectivity index (χ2v) is 7.87. The quantitative estimate of drug-likeness (QED) is 0.536. The molecule has 1 aliphatic carbocycles. The number of hydrogen-bond acceptors (Lipinski definition) is 3. The monoisotopic (exact) mass is 402 g/mol. The minimum Gasteiger partial charge on any atom is -0.282 e. The Morgan fingerprint density at radius 1 is 0.806 bits per heavy atom. The van der Waals surface area contributed by atoms with Gasteiger partial charge in [0, 0.05) is 23.4 Å². The first-order valence-electron chi connectivity index (χ1n) is 10.6. The maximum absolute atomic E-state index is 5.26. The van der Waals surface area contributed by atoms with Crippen molar-refractivity contribution >= 4 is 11.7 Å². The van der Waals surface area contributed by atoms with Gasteiger partial charge >= 0.3 is 0 Å². The maximum Gasteiger partial charge on any atom is 0.142 e. The van der Waals surface area contributed by atoms with Crippen LogP contribution in [0.25, 0.3) is 0 Å². The van der Waals surface area contributed by atoms with Crippen molar-refractivity contribution in [3.63, 3.8) is 0 Å². The normalized spacial score (nSPS) is 19.3. The zero-order valence-electron chi connectivity index (χ0n) is 17.7. The summed E-state index contributed by atoms with van der Waals surface area (Å²) in [5.41, 5.74) is 5.83. The van der Waals surface area contributed by atoms with Crippen molar-refractivity contribution in [3.05, 3.63) is 139 Å². The van der Waals surface area contributed by atoms with Crippen LogP contribution in [-0.2, 0) is 0 Å². The Bertz CT molecular complexity index is 1110. The summed E-state index contributed by atoms with van der Waals surface area (Å²) in [7, 11) is 0. The minimum atomic E-state index is -0.0694. The SMILES string of the molecule is Cc1ccc(C2C=C([C]3[CH][CH][CH][CH]3)N(c3ccccn3)C(c3ccccc3C)=N2)cc1. The van der Waals surface area contributed by atoms with Gasteiger partial charge in [0.1, 0.15) is 11.7 Å². The molecule has 2 aromatic carbocycles. The average molecular weight is 403 g/mol. The number of allylic oxidation sites excluding steroid dienone is 1. The summed E-state index contributed by atoms with van der Waals surface area (Å²) in [6, 6.07) is 23.0. The lowest BCUT2D eigenvalue weighted by molar-refractivity contribution is 0.855.